The van der Waals surface area contributed by atoms with E-state index < -0.39 is 6.10 Å². The lowest BCUT2D eigenvalue weighted by Crippen LogP contribution is -2.04. The fraction of sp³-hybridized carbons (Fsp3) is 0.308. The molecule has 1 aromatic carbocycles. The molecule has 0 aliphatic heterocycles. The molecule has 0 bridgehead atoms. The van der Waals surface area contributed by atoms with Crippen molar-refractivity contribution in [2.75, 3.05) is 0 Å². The van der Waals surface area contributed by atoms with Crippen LogP contribution in [-0.4, -0.2) is 14.9 Å². The van der Waals surface area contributed by atoms with Crippen molar-refractivity contribution in [3.8, 4) is 0 Å². The minimum Gasteiger partial charge on any atom is -0.388 e. The molecular formula is C13H15BrN2O. The van der Waals surface area contributed by atoms with Crippen LogP contribution in [-0.2, 0) is 13.5 Å². The topological polar surface area (TPSA) is 38.0 Å². The molecular weight excluding hydrogens is 280 g/mol. The number of hydrogen-bond acceptors (Lipinski definition) is 2. The first-order chi connectivity index (χ1) is 8.06. The Morgan fingerprint density at radius 3 is 2.76 bits per heavy atom. The Morgan fingerprint density at radius 2 is 2.18 bits per heavy atom. The lowest BCUT2D eigenvalue weighted by molar-refractivity contribution is 0.176. The summed E-state index contributed by atoms with van der Waals surface area (Å²) in [6.07, 6.45) is 1.88. The summed E-state index contributed by atoms with van der Waals surface area (Å²) in [5.74, 6) is 0. The van der Waals surface area contributed by atoms with Gasteiger partial charge in [0.25, 0.3) is 0 Å². The molecule has 0 spiro atoms. The molecule has 0 radical (unpaired) electrons. The van der Waals surface area contributed by atoms with Crippen LogP contribution < -0.4 is 0 Å². The van der Waals surface area contributed by atoms with Gasteiger partial charge in [-0.1, -0.05) is 28.1 Å². The predicted octanol–water partition coefficient (Wildman–Crippen LogP) is 2.77. The number of aryl methyl sites for hydroxylation is 2. The summed E-state index contributed by atoms with van der Waals surface area (Å²) in [6.45, 7) is 2.03. The van der Waals surface area contributed by atoms with Gasteiger partial charge in [-0.05, 0) is 30.2 Å². The fourth-order valence-corrected chi connectivity index (χ4v) is 2.54. The van der Waals surface area contributed by atoms with Gasteiger partial charge in [0, 0.05) is 24.1 Å². The zero-order chi connectivity index (χ0) is 12.4. The third kappa shape index (κ3) is 2.96. The summed E-state index contributed by atoms with van der Waals surface area (Å²) >= 11 is 3.48. The number of nitrogens with zero attached hydrogens (tertiary/aromatic N) is 2. The molecule has 1 atom stereocenters. The van der Waals surface area contributed by atoms with E-state index in [4.69, 9.17) is 0 Å². The van der Waals surface area contributed by atoms with Crippen molar-refractivity contribution in [2.24, 2.45) is 7.05 Å². The van der Waals surface area contributed by atoms with Crippen LogP contribution in [0.2, 0.25) is 0 Å². The summed E-state index contributed by atoms with van der Waals surface area (Å²) in [5, 5.41) is 14.4. The van der Waals surface area contributed by atoms with Crippen LogP contribution in [0.15, 0.2) is 34.9 Å². The third-order valence-corrected chi connectivity index (χ3v) is 3.37. The molecule has 1 heterocycles. The Labute approximate surface area is 109 Å². The Morgan fingerprint density at radius 1 is 1.41 bits per heavy atom. The SMILES string of the molecule is Cc1ccc(C(O)Cc2ccn(C)n2)c(Br)c1. The summed E-state index contributed by atoms with van der Waals surface area (Å²) in [4.78, 5) is 0. The van der Waals surface area contributed by atoms with Gasteiger partial charge in [0.1, 0.15) is 0 Å². The molecule has 1 unspecified atom stereocenters. The predicted molar refractivity (Wildman–Crippen MR) is 70.8 cm³/mol. The van der Waals surface area contributed by atoms with E-state index in [1.807, 2.05) is 44.4 Å². The van der Waals surface area contributed by atoms with E-state index in [0.29, 0.717) is 6.42 Å². The normalized spacial score (nSPS) is 12.7. The highest BCUT2D eigenvalue weighted by Crippen LogP contribution is 2.26. The van der Waals surface area contributed by atoms with Crippen LogP contribution in [0.3, 0.4) is 0 Å². The number of hydrogen-bond donors (Lipinski definition) is 1. The van der Waals surface area contributed by atoms with Gasteiger partial charge < -0.3 is 5.11 Å². The maximum absolute atomic E-state index is 10.2. The number of benzene rings is 1. The number of aliphatic hydroxyl groups excluding tert-OH is 1. The van der Waals surface area contributed by atoms with Crippen LogP contribution in [0.25, 0.3) is 0 Å². The highest BCUT2D eigenvalue weighted by molar-refractivity contribution is 9.10. The van der Waals surface area contributed by atoms with Crippen LogP contribution in [0.4, 0.5) is 0 Å². The molecule has 0 fully saturated rings. The van der Waals surface area contributed by atoms with Crippen molar-refractivity contribution in [3.63, 3.8) is 0 Å². The van der Waals surface area contributed by atoms with E-state index in [9.17, 15) is 5.11 Å². The Bertz CT molecular complexity index is 522. The molecule has 90 valence electrons. The van der Waals surface area contributed by atoms with E-state index >= 15 is 0 Å². The third-order valence-electron chi connectivity index (χ3n) is 2.69. The fourth-order valence-electron chi connectivity index (χ4n) is 1.78. The van der Waals surface area contributed by atoms with Crippen LogP contribution in [0.1, 0.15) is 22.9 Å². The number of halogens is 1. The van der Waals surface area contributed by atoms with Crippen molar-refractivity contribution in [2.45, 2.75) is 19.4 Å². The minimum atomic E-state index is -0.528. The molecule has 0 saturated heterocycles. The zero-order valence-corrected chi connectivity index (χ0v) is 11.5. The van der Waals surface area contributed by atoms with Crippen molar-refractivity contribution in [1.29, 1.82) is 0 Å². The molecule has 0 aliphatic carbocycles. The summed E-state index contributed by atoms with van der Waals surface area (Å²) in [6, 6.07) is 7.89. The van der Waals surface area contributed by atoms with Crippen molar-refractivity contribution in [1.82, 2.24) is 9.78 Å². The van der Waals surface area contributed by atoms with Gasteiger partial charge in [-0.2, -0.15) is 5.10 Å². The van der Waals surface area contributed by atoms with E-state index in [1.165, 1.54) is 5.56 Å². The Kier molecular flexibility index (Phi) is 3.64. The van der Waals surface area contributed by atoms with E-state index in [0.717, 1.165) is 15.7 Å². The van der Waals surface area contributed by atoms with Gasteiger partial charge in [0.05, 0.1) is 11.8 Å². The molecule has 1 N–H and O–H groups in total. The Hall–Kier alpha value is -1.13. The molecule has 3 nitrogen and oxygen atoms in total. The summed E-state index contributed by atoms with van der Waals surface area (Å²) in [7, 11) is 1.87. The second-order valence-corrected chi connectivity index (χ2v) is 5.08. The summed E-state index contributed by atoms with van der Waals surface area (Å²) in [5.41, 5.74) is 2.97. The van der Waals surface area contributed by atoms with Crippen LogP contribution in [0.5, 0.6) is 0 Å². The second kappa shape index (κ2) is 5.02. The molecule has 2 rings (SSSR count). The van der Waals surface area contributed by atoms with Gasteiger partial charge >= 0.3 is 0 Å². The number of rotatable bonds is 3. The van der Waals surface area contributed by atoms with Gasteiger partial charge in [-0.25, -0.2) is 0 Å². The average Bonchev–Trinajstić information content (AvgIpc) is 2.63. The van der Waals surface area contributed by atoms with Gasteiger partial charge in [-0.15, -0.1) is 0 Å². The van der Waals surface area contributed by atoms with Crippen LogP contribution >= 0.6 is 15.9 Å². The number of aromatic nitrogens is 2. The lowest BCUT2D eigenvalue weighted by Gasteiger charge is -2.12. The zero-order valence-electron chi connectivity index (χ0n) is 9.89. The maximum atomic E-state index is 10.2. The molecule has 0 saturated carbocycles. The quantitative estimate of drug-likeness (QED) is 0.945. The highest BCUT2D eigenvalue weighted by Gasteiger charge is 2.13. The first-order valence-corrected chi connectivity index (χ1v) is 6.28. The smallest absolute Gasteiger partial charge is 0.0857 e. The second-order valence-electron chi connectivity index (χ2n) is 4.23. The van der Waals surface area contributed by atoms with Crippen molar-refractivity contribution in [3.05, 3.63) is 51.8 Å². The van der Waals surface area contributed by atoms with Gasteiger partial charge in [-0.3, -0.25) is 4.68 Å². The molecule has 2 aromatic rings. The highest BCUT2D eigenvalue weighted by atomic mass is 79.9. The molecule has 4 heteroatoms. The van der Waals surface area contributed by atoms with Crippen LogP contribution in [0, 0.1) is 6.92 Å². The van der Waals surface area contributed by atoms with Gasteiger partial charge in [0.15, 0.2) is 0 Å². The summed E-state index contributed by atoms with van der Waals surface area (Å²) < 4.78 is 2.69. The molecule has 1 aromatic heterocycles. The monoisotopic (exact) mass is 294 g/mol. The first-order valence-electron chi connectivity index (χ1n) is 5.49. The standard InChI is InChI=1S/C13H15BrN2O/c1-9-3-4-11(12(14)7-9)13(17)8-10-5-6-16(2)15-10/h3-7,13,17H,8H2,1-2H3. The molecule has 0 amide bonds. The minimum absolute atomic E-state index is 0.528. The average molecular weight is 295 g/mol. The van der Waals surface area contributed by atoms with Gasteiger partial charge in [0.2, 0.25) is 0 Å². The van der Waals surface area contributed by atoms with E-state index in [2.05, 4.69) is 21.0 Å². The lowest BCUT2D eigenvalue weighted by atomic mass is 10.0. The molecule has 17 heavy (non-hydrogen) atoms. The number of aliphatic hydroxyl groups is 1. The van der Waals surface area contributed by atoms with E-state index in [1.54, 1.807) is 4.68 Å². The Balaban J connectivity index is 2.17. The van der Waals surface area contributed by atoms with Crippen molar-refractivity contribution >= 4 is 15.9 Å². The first kappa shape index (κ1) is 12.3. The van der Waals surface area contributed by atoms with E-state index in [-0.39, 0.29) is 0 Å². The maximum Gasteiger partial charge on any atom is 0.0857 e. The van der Waals surface area contributed by atoms with Crippen molar-refractivity contribution < 1.29 is 5.11 Å². The largest absolute Gasteiger partial charge is 0.388 e. The molecule has 0 aliphatic rings.